The van der Waals surface area contributed by atoms with Crippen LogP contribution in [-0.2, 0) is 4.79 Å². The van der Waals surface area contributed by atoms with E-state index < -0.39 is 5.97 Å². The van der Waals surface area contributed by atoms with Crippen LogP contribution in [-0.4, -0.2) is 34.6 Å². The van der Waals surface area contributed by atoms with Gasteiger partial charge in [0.2, 0.25) is 0 Å². The number of nitrogens with zero attached hydrogens (tertiary/aromatic N) is 1. The smallest absolute Gasteiger partial charge is 0.303 e. The van der Waals surface area contributed by atoms with Crippen LogP contribution in [0.25, 0.3) is 0 Å². The molecule has 0 radical (unpaired) electrons. The highest BCUT2D eigenvalue weighted by Crippen LogP contribution is 2.36. The topological polar surface area (TPSA) is 40.5 Å². The van der Waals surface area contributed by atoms with Gasteiger partial charge in [-0.3, -0.25) is 9.69 Å². The van der Waals surface area contributed by atoms with E-state index in [4.69, 9.17) is 5.11 Å². The average molecular weight is 213 g/mol. The van der Waals surface area contributed by atoms with E-state index in [1.54, 1.807) is 0 Å². The summed E-state index contributed by atoms with van der Waals surface area (Å²) in [6.45, 7) is 10.8. The van der Waals surface area contributed by atoms with Gasteiger partial charge in [-0.05, 0) is 52.1 Å². The second-order valence-electron chi connectivity index (χ2n) is 6.04. The Morgan fingerprint density at radius 3 is 2.13 bits per heavy atom. The molecule has 1 rings (SSSR count). The van der Waals surface area contributed by atoms with Crippen LogP contribution in [0.2, 0.25) is 0 Å². The Balaban J connectivity index is 2.51. The number of rotatable bonds is 2. The largest absolute Gasteiger partial charge is 0.481 e. The Hall–Kier alpha value is -0.570. The first kappa shape index (κ1) is 12.5. The fraction of sp³-hybridized carbons (Fsp3) is 0.917. The highest BCUT2D eigenvalue weighted by Gasteiger charge is 2.35. The molecule has 0 unspecified atom stereocenters. The minimum absolute atomic E-state index is 0.00752. The number of aliphatic carboxylic acids is 1. The van der Waals surface area contributed by atoms with E-state index >= 15 is 0 Å². The fourth-order valence-corrected chi connectivity index (χ4v) is 2.26. The molecule has 1 aliphatic heterocycles. The van der Waals surface area contributed by atoms with E-state index in [9.17, 15) is 4.79 Å². The van der Waals surface area contributed by atoms with Crippen molar-refractivity contribution in [2.24, 2.45) is 5.41 Å². The lowest BCUT2D eigenvalue weighted by molar-refractivity contribution is -0.140. The van der Waals surface area contributed by atoms with Gasteiger partial charge in [-0.1, -0.05) is 6.92 Å². The maximum absolute atomic E-state index is 10.7. The maximum atomic E-state index is 10.7. The molecule has 0 aliphatic carbocycles. The zero-order valence-electron chi connectivity index (χ0n) is 10.3. The molecule has 1 fully saturated rings. The summed E-state index contributed by atoms with van der Waals surface area (Å²) < 4.78 is 0. The number of hydrogen-bond donors (Lipinski definition) is 1. The van der Waals surface area contributed by atoms with Crippen LogP contribution in [0.4, 0.5) is 0 Å². The predicted octanol–water partition coefficient (Wildman–Crippen LogP) is 2.36. The Morgan fingerprint density at radius 2 is 1.80 bits per heavy atom. The van der Waals surface area contributed by atoms with Crippen molar-refractivity contribution >= 4 is 5.97 Å². The Kier molecular flexibility index (Phi) is 3.44. The van der Waals surface area contributed by atoms with Crippen LogP contribution in [0, 0.1) is 5.41 Å². The third kappa shape index (κ3) is 3.49. The molecule has 1 N–H and O–H groups in total. The van der Waals surface area contributed by atoms with Gasteiger partial charge >= 0.3 is 5.97 Å². The molecule has 1 heterocycles. The summed E-state index contributed by atoms with van der Waals surface area (Å²) in [4.78, 5) is 13.2. The van der Waals surface area contributed by atoms with Crippen molar-refractivity contribution in [3.8, 4) is 0 Å². The molecule has 15 heavy (non-hydrogen) atoms. The second kappa shape index (κ2) is 4.12. The summed E-state index contributed by atoms with van der Waals surface area (Å²) in [5.74, 6) is -0.665. The third-order valence-electron chi connectivity index (χ3n) is 3.50. The van der Waals surface area contributed by atoms with Gasteiger partial charge in [-0.2, -0.15) is 0 Å². The lowest BCUT2D eigenvalue weighted by Gasteiger charge is -2.44. The molecule has 3 nitrogen and oxygen atoms in total. The van der Waals surface area contributed by atoms with Crippen molar-refractivity contribution in [1.29, 1.82) is 0 Å². The summed E-state index contributed by atoms with van der Waals surface area (Å²) in [7, 11) is 0. The second-order valence-corrected chi connectivity index (χ2v) is 6.04. The van der Waals surface area contributed by atoms with E-state index in [0.29, 0.717) is 6.42 Å². The first-order chi connectivity index (χ1) is 6.73. The number of carbonyl (C=O) groups is 1. The molecule has 0 bridgehead atoms. The molecule has 0 amide bonds. The van der Waals surface area contributed by atoms with Crippen LogP contribution in [0.5, 0.6) is 0 Å². The molecule has 0 aromatic heterocycles. The molecule has 3 heteroatoms. The van der Waals surface area contributed by atoms with E-state index in [0.717, 1.165) is 25.9 Å². The molecular formula is C12H23NO2. The Morgan fingerprint density at radius 1 is 1.33 bits per heavy atom. The van der Waals surface area contributed by atoms with Gasteiger partial charge in [0, 0.05) is 5.54 Å². The SMILES string of the molecule is CC1(CC(=O)O)CCN(C(C)(C)C)CC1. The van der Waals surface area contributed by atoms with Gasteiger partial charge in [0.25, 0.3) is 0 Å². The minimum atomic E-state index is -0.665. The number of likely N-dealkylation sites (tertiary alicyclic amines) is 1. The van der Waals surface area contributed by atoms with Crippen molar-refractivity contribution in [3.63, 3.8) is 0 Å². The molecule has 88 valence electrons. The molecule has 1 saturated heterocycles. The normalized spacial score (nSPS) is 22.7. The minimum Gasteiger partial charge on any atom is -0.481 e. The summed E-state index contributed by atoms with van der Waals surface area (Å²) in [6.07, 6.45) is 2.30. The van der Waals surface area contributed by atoms with Gasteiger partial charge < -0.3 is 5.11 Å². The first-order valence-electron chi connectivity index (χ1n) is 5.70. The lowest BCUT2D eigenvalue weighted by atomic mass is 9.77. The maximum Gasteiger partial charge on any atom is 0.303 e. The molecule has 1 aliphatic rings. The lowest BCUT2D eigenvalue weighted by Crippen LogP contribution is -2.48. The number of carboxylic acids is 1. The molecule has 0 aromatic carbocycles. The molecule has 0 atom stereocenters. The highest BCUT2D eigenvalue weighted by atomic mass is 16.4. The Labute approximate surface area is 92.5 Å². The molecular weight excluding hydrogens is 190 g/mol. The first-order valence-corrected chi connectivity index (χ1v) is 5.70. The van der Waals surface area contributed by atoms with E-state index in [1.807, 2.05) is 0 Å². The summed E-state index contributed by atoms with van der Waals surface area (Å²) in [6, 6.07) is 0. The van der Waals surface area contributed by atoms with Crippen molar-refractivity contribution in [1.82, 2.24) is 4.90 Å². The van der Waals surface area contributed by atoms with Gasteiger partial charge in [0.1, 0.15) is 0 Å². The van der Waals surface area contributed by atoms with Gasteiger partial charge in [0.05, 0.1) is 6.42 Å². The number of hydrogen-bond acceptors (Lipinski definition) is 2. The summed E-state index contributed by atoms with van der Waals surface area (Å²) >= 11 is 0. The number of piperidine rings is 1. The highest BCUT2D eigenvalue weighted by molar-refractivity contribution is 5.67. The fourth-order valence-electron chi connectivity index (χ4n) is 2.26. The zero-order chi connectivity index (χ0) is 11.7. The standard InChI is InChI=1S/C12H23NO2/c1-11(2,3)13-7-5-12(4,6-8-13)9-10(14)15/h5-9H2,1-4H3,(H,14,15). The molecule has 0 spiro atoms. The van der Waals surface area contributed by atoms with Gasteiger partial charge in [-0.15, -0.1) is 0 Å². The van der Waals surface area contributed by atoms with Crippen molar-refractivity contribution in [2.45, 2.75) is 52.5 Å². The molecule has 0 saturated carbocycles. The van der Waals surface area contributed by atoms with Crippen molar-refractivity contribution in [3.05, 3.63) is 0 Å². The predicted molar refractivity (Wildman–Crippen MR) is 60.9 cm³/mol. The van der Waals surface area contributed by atoms with Crippen LogP contribution < -0.4 is 0 Å². The van der Waals surface area contributed by atoms with E-state index in [2.05, 4.69) is 32.6 Å². The Bertz CT molecular complexity index is 234. The van der Waals surface area contributed by atoms with Crippen LogP contribution >= 0.6 is 0 Å². The van der Waals surface area contributed by atoms with E-state index in [1.165, 1.54) is 0 Å². The van der Waals surface area contributed by atoms with Crippen LogP contribution in [0.15, 0.2) is 0 Å². The van der Waals surface area contributed by atoms with Gasteiger partial charge in [-0.25, -0.2) is 0 Å². The van der Waals surface area contributed by atoms with Crippen LogP contribution in [0.3, 0.4) is 0 Å². The monoisotopic (exact) mass is 213 g/mol. The van der Waals surface area contributed by atoms with E-state index in [-0.39, 0.29) is 11.0 Å². The summed E-state index contributed by atoms with van der Waals surface area (Å²) in [5, 5.41) is 8.84. The zero-order valence-corrected chi connectivity index (χ0v) is 10.3. The van der Waals surface area contributed by atoms with Crippen molar-refractivity contribution < 1.29 is 9.90 Å². The van der Waals surface area contributed by atoms with Gasteiger partial charge in [0.15, 0.2) is 0 Å². The quantitative estimate of drug-likeness (QED) is 0.765. The number of carboxylic acid groups (broad SMARTS) is 1. The van der Waals surface area contributed by atoms with Crippen molar-refractivity contribution in [2.75, 3.05) is 13.1 Å². The third-order valence-corrected chi connectivity index (χ3v) is 3.50. The average Bonchev–Trinajstić information content (AvgIpc) is 2.00. The van der Waals surface area contributed by atoms with Crippen LogP contribution in [0.1, 0.15) is 47.0 Å². The summed E-state index contributed by atoms with van der Waals surface area (Å²) in [5.41, 5.74) is 0.220. The molecule has 0 aromatic rings.